The number of benzene rings is 1. The van der Waals surface area contributed by atoms with Gasteiger partial charge in [0, 0.05) is 12.6 Å². The number of amides is 2. The predicted molar refractivity (Wildman–Crippen MR) is 109 cm³/mol. The highest BCUT2D eigenvalue weighted by molar-refractivity contribution is 5.93. The topological polar surface area (TPSA) is 49.4 Å². The lowest BCUT2D eigenvalue weighted by molar-refractivity contribution is -0.157. The Labute approximate surface area is 163 Å². The molecule has 1 heterocycles. The van der Waals surface area contributed by atoms with Gasteiger partial charge in [0.2, 0.25) is 11.8 Å². The molecule has 1 saturated carbocycles. The van der Waals surface area contributed by atoms with Gasteiger partial charge in [0.25, 0.3) is 0 Å². The van der Waals surface area contributed by atoms with E-state index < -0.39 is 5.54 Å². The molecule has 2 aliphatic rings. The monoisotopic (exact) mass is 370 g/mol. The van der Waals surface area contributed by atoms with E-state index in [-0.39, 0.29) is 23.3 Å². The second-order valence-corrected chi connectivity index (χ2v) is 9.50. The number of carbonyl (C=O) groups is 2. The largest absolute Gasteiger partial charge is 0.351 e. The summed E-state index contributed by atoms with van der Waals surface area (Å²) in [4.78, 5) is 27.4. The lowest BCUT2D eigenvalue weighted by Crippen LogP contribution is -2.68. The summed E-state index contributed by atoms with van der Waals surface area (Å²) in [7, 11) is 0. The molecular weight excluding hydrogens is 336 g/mol. The van der Waals surface area contributed by atoms with E-state index in [0.29, 0.717) is 13.0 Å². The standard InChI is InChI=1S/C23H34N2O2/c1-22(2,3)18-12-10-17(11-13-18)16-20(26)25-15-14-23(25,4)21(27)24-19-8-6-5-7-9-19/h10-13,19H,5-9,14-16H2,1-4H3,(H,24,27). The SMILES string of the molecule is CC(C)(C)c1ccc(CC(=O)N2CCC2(C)C(=O)NC2CCCCC2)cc1. The van der Waals surface area contributed by atoms with Crippen molar-refractivity contribution in [1.82, 2.24) is 10.2 Å². The molecule has 1 aromatic carbocycles. The van der Waals surface area contributed by atoms with Crippen LogP contribution in [0.25, 0.3) is 0 Å². The summed E-state index contributed by atoms with van der Waals surface area (Å²) in [6, 6.07) is 8.57. The highest BCUT2D eigenvalue weighted by Crippen LogP contribution is 2.32. The number of rotatable bonds is 4. The van der Waals surface area contributed by atoms with Crippen LogP contribution >= 0.6 is 0 Å². The van der Waals surface area contributed by atoms with Gasteiger partial charge in [-0.3, -0.25) is 9.59 Å². The first-order valence-electron chi connectivity index (χ1n) is 10.4. The number of likely N-dealkylation sites (tertiary alicyclic amines) is 1. The summed E-state index contributed by atoms with van der Waals surface area (Å²) in [5.41, 5.74) is 1.70. The lowest BCUT2D eigenvalue weighted by atomic mass is 9.83. The third-order valence-electron chi connectivity index (χ3n) is 6.32. The van der Waals surface area contributed by atoms with Gasteiger partial charge >= 0.3 is 0 Å². The van der Waals surface area contributed by atoms with E-state index in [0.717, 1.165) is 24.8 Å². The zero-order valence-electron chi connectivity index (χ0n) is 17.3. The van der Waals surface area contributed by atoms with Crippen LogP contribution in [0.15, 0.2) is 24.3 Å². The Kier molecular flexibility index (Phi) is 5.64. The van der Waals surface area contributed by atoms with Crippen molar-refractivity contribution in [3.05, 3.63) is 35.4 Å². The first kappa shape index (κ1) is 19.9. The number of nitrogens with one attached hydrogen (secondary N) is 1. The van der Waals surface area contributed by atoms with Crippen molar-refractivity contribution in [2.45, 2.75) is 89.6 Å². The van der Waals surface area contributed by atoms with E-state index in [1.807, 2.05) is 19.1 Å². The Morgan fingerprint density at radius 2 is 1.74 bits per heavy atom. The van der Waals surface area contributed by atoms with Crippen LogP contribution in [-0.2, 0) is 21.4 Å². The molecule has 0 bridgehead atoms. The quantitative estimate of drug-likeness (QED) is 0.872. The fraction of sp³-hybridized carbons (Fsp3) is 0.652. The number of hydrogen-bond donors (Lipinski definition) is 1. The Morgan fingerprint density at radius 1 is 1.11 bits per heavy atom. The van der Waals surface area contributed by atoms with E-state index in [2.05, 4.69) is 38.2 Å². The van der Waals surface area contributed by atoms with Crippen LogP contribution in [0.4, 0.5) is 0 Å². The Hall–Kier alpha value is -1.84. The van der Waals surface area contributed by atoms with Crippen molar-refractivity contribution in [1.29, 1.82) is 0 Å². The summed E-state index contributed by atoms with van der Waals surface area (Å²) in [5, 5.41) is 3.20. The van der Waals surface area contributed by atoms with E-state index >= 15 is 0 Å². The Morgan fingerprint density at radius 3 is 2.26 bits per heavy atom. The first-order valence-corrected chi connectivity index (χ1v) is 10.4. The van der Waals surface area contributed by atoms with E-state index in [1.165, 1.54) is 24.8 Å². The molecule has 4 nitrogen and oxygen atoms in total. The highest BCUT2D eigenvalue weighted by atomic mass is 16.2. The van der Waals surface area contributed by atoms with Crippen LogP contribution in [0, 0.1) is 0 Å². The summed E-state index contributed by atoms with van der Waals surface area (Å²) >= 11 is 0. The maximum atomic E-state index is 12.8. The first-order chi connectivity index (χ1) is 12.7. The third-order valence-corrected chi connectivity index (χ3v) is 6.32. The molecule has 4 heteroatoms. The van der Waals surface area contributed by atoms with Gasteiger partial charge in [0.15, 0.2) is 0 Å². The van der Waals surface area contributed by atoms with Crippen molar-refractivity contribution < 1.29 is 9.59 Å². The van der Waals surface area contributed by atoms with Crippen LogP contribution in [0.3, 0.4) is 0 Å². The summed E-state index contributed by atoms with van der Waals surface area (Å²) < 4.78 is 0. The Balaban J connectivity index is 1.60. The lowest BCUT2D eigenvalue weighted by Gasteiger charge is -2.49. The van der Waals surface area contributed by atoms with Crippen molar-refractivity contribution in [2.24, 2.45) is 0 Å². The van der Waals surface area contributed by atoms with Crippen LogP contribution < -0.4 is 5.32 Å². The van der Waals surface area contributed by atoms with Gasteiger partial charge < -0.3 is 10.2 Å². The minimum absolute atomic E-state index is 0.0251. The molecule has 2 fully saturated rings. The average molecular weight is 371 g/mol. The summed E-state index contributed by atoms with van der Waals surface area (Å²) in [6.45, 7) is 9.14. The van der Waals surface area contributed by atoms with Crippen LogP contribution in [-0.4, -0.2) is 34.8 Å². The van der Waals surface area contributed by atoms with Gasteiger partial charge in [-0.25, -0.2) is 0 Å². The zero-order chi connectivity index (χ0) is 19.7. The normalized spacial score (nSPS) is 23.6. The van der Waals surface area contributed by atoms with Crippen LogP contribution in [0.5, 0.6) is 0 Å². The number of carbonyl (C=O) groups excluding carboxylic acids is 2. The maximum Gasteiger partial charge on any atom is 0.245 e. The molecule has 1 unspecified atom stereocenters. The molecule has 1 N–H and O–H groups in total. The maximum absolute atomic E-state index is 12.8. The van der Waals surface area contributed by atoms with Crippen molar-refractivity contribution >= 4 is 11.8 Å². The van der Waals surface area contributed by atoms with Gasteiger partial charge in [-0.05, 0) is 42.7 Å². The number of nitrogens with zero attached hydrogens (tertiary/aromatic N) is 1. The van der Waals surface area contributed by atoms with E-state index in [4.69, 9.17) is 0 Å². The smallest absolute Gasteiger partial charge is 0.245 e. The average Bonchev–Trinajstić information content (AvgIpc) is 2.60. The van der Waals surface area contributed by atoms with Crippen molar-refractivity contribution in [2.75, 3.05) is 6.54 Å². The highest BCUT2D eigenvalue weighted by Gasteiger charge is 2.49. The van der Waals surface area contributed by atoms with Gasteiger partial charge in [-0.1, -0.05) is 64.3 Å². The molecule has 0 spiro atoms. The minimum atomic E-state index is -0.681. The molecule has 3 rings (SSSR count). The second kappa shape index (κ2) is 7.65. The van der Waals surface area contributed by atoms with Crippen LogP contribution in [0.2, 0.25) is 0 Å². The molecule has 1 atom stereocenters. The molecule has 1 aromatic rings. The minimum Gasteiger partial charge on any atom is -0.351 e. The van der Waals surface area contributed by atoms with Crippen LogP contribution in [0.1, 0.15) is 77.3 Å². The van der Waals surface area contributed by atoms with E-state index in [9.17, 15) is 9.59 Å². The molecule has 148 valence electrons. The van der Waals surface area contributed by atoms with Crippen molar-refractivity contribution in [3.63, 3.8) is 0 Å². The van der Waals surface area contributed by atoms with Gasteiger partial charge in [-0.2, -0.15) is 0 Å². The fourth-order valence-corrected chi connectivity index (χ4v) is 4.18. The third kappa shape index (κ3) is 4.36. The second-order valence-electron chi connectivity index (χ2n) is 9.50. The fourth-order valence-electron chi connectivity index (χ4n) is 4.18. The molecule has 0 radical (unpaired) electrons. The molecule has 1 aliphatic carbocycles. The van der Waals surface area contributed by atoms with E-state index in [1.54, 1.807) is 4.90 Å². The summed E-state index contributed by atoms with van der Waals surface area (Å²) in [6.07, 6.45) is 6.88. The zero-order valence-corrected chi connectivity index (χ0v) is 17.3. The molecule has 2 amide bonds. The predicted octanol–water partition coefficient (Wildman–Crippen LogP) is 3.97. The molecule has 0 aromatic heterocycles. The number of hydrogen-bond acceptors (Lipinski definition) is 2. The molecule has 27 heavy (non-hydrogen) atoms. The summed E-state index contributed by atoms with van der Waals surface area (Å²) in [5.74, 6) is 0.0723. The van der Waals surface area contributed by atoms with Gasteiger partial charge in [0.1, 0.15) is 5.54 Å². The molecule has 1 aliphatic heterocycles. The molecule has 1 saturated heterocycles. The Bertz CT molecular complexity index is 683. The van der Waals surface area contributed by atoms with Crippen molar-refractivity contribution in [3.8, 4) is 0 Å². The molecular formula is C23H34N2O2. The van der Waals surface area contributed by atoms with Gasteiger partial charge in [-0.15, -0.1) is 0 Å². The van der Waals surface area contributed by atoms with Gasteiger partial charge in [0.05, 0.1) is 6.42 Å².